The molecule has 0 aliphatic carbocycles. The average molecular weight is 223 g/mol. The Balaban J connectivity index is 2.27. The maximum absolute atomic E-state index is 5.45. The predicted molar refractivity (Wildman–Crippen MR) is 67.3 cm³/mol. The van der Waals surface area contributed by atoms with Gasteiger partial charge in [0.2, 0.25) is 0 Å². The van der Waals surface area contributed by atoms with E-state index < -0.39 is 0 Å². The van der Waals surface area contributed by atoms with Crippen molar-refractivity contribution in [2.45, 2.75) is 26.3 Å². The molecule has 0 saturated carbocycles. The zero-order valence-electron chi connectivity index (χ0n) is 10.3. The van der Waals surface area contributed by atoms with E-state index in [1.54, 1.807) is 6.07 Å². The fraction of sp³-hybridized carbons (Fsp3) is 0.636. The number of hydrogen-bond acceptors (Lipinski definition) is 5. The molecule has 1 atom stereocenters. The Bertz CT molecular complexity index is 298. The quantitative estimate of drug-likeness (QED) is 0.758. The van der Waals surface area contributed by atoms with Gasteiger partial charge >= 0.3 is 0 Å². The number of anilines is 2. The molecule has 1 aromatic heterocycles. The van der Waals surface area contributed by atoms with Gasteiger partial charge in [-0.05, 0) is 32.5 Å². The Morgan fingerprint density at radius 2 is 2.19 bits per heavy atom. The third-order valence-electron chi connectivity index (χ3n) is 2.80. The van der Waals surface area contributed by atoms with Crippen molar-refractivity contribution >= 4 is 11.6 Å². The summed E-state index contributed by atoms with van der Waals surface area (Å²) in [6.07, 6.45) is 1.16. The predicted octanol–water partition coefficient (Wildman–Crippen LogP) is 1.20. The first kappa shape index (κ1) is 12.7. The Morgan fingerprint density at radius 1 is 1.44 bits per heavy atom. The SMILES string of the molecule is CCC(C)N(C)CCNc1ccc(N)nn1. The van der Waals surface area contributed by atoms with Crippen LogP contribution in [-0.4, -0.2) is 41.3 Å². The van der Waals surface area contributed by atoms with E-state index >= 15 is 0 Å². The van der Waals surface area contributed by atoms with Crippen molar-refractivity contribution < 1.29 is 0 Å². The molecule has 5 nitrogen and oxygen atoms in total. The molecule has 1 aromatic rings. The minimum atomic E-state index is 0.447. The van der Waals surface area contributed by atoms with E-state index in [1.807, 2.05) is 6.07 Å². The number of likely N-dealkylation sites (N-methyl/N-ethyl adjacent to an activating group) is 1. The molecule has 3 N–H and O–H groups in total. The summed E-state index contributed by atoms with van der Waals surface area (Å²) in [6.45, 7) is 6.27. The molecular formula is C11H21N5. The minimum absolute atomic E-state index is 0.447. The van der Waals surface area contributed by atoms with Gasteiger partial charge in [-0.3, -0.25) is 0 Å². The number of hydrogen-bond donors (Lipinski definition) is 2. The summed E-state index contributed by atoms with van der Waals surface area (Å²) in [7, 11) is 2.13. The molecule has 0 aromatic carbocycles. The van der Waals surface area contributed by atoms with Crippen LogP contribution in [0.4, 0.5) is 11.6 Å². The van der Waals surface area contributed by atoms with Gasteiger partial charge in [-0.1, -0.05) is 6.92 Å². The van der Waals surface area contributed by atoms with Crippen LogP contribution in [0.1, 0.15) is 20.3 Å². The summed E-state index contributed by atoms with van der Waals surface area (Å²) in [6, 6.07) is 4.19. The van der Waals surface area contributed by atoms with Crippen molar-refractivity contribution in [3.63, 3.8) is 0 Å². The minimum Gasteiger partial charge on any atom is -0.382 e. The molecule has 0 aliphatic heterocycles. The van der Waals surface area contributed by atoms with E-state index in [0.29, 0.717) is 11.9 Å². The summed E-state index contributed by atoms with van der Waals surface area (Å²) in [4.78, 5) is 2.32. The number of rotatable bonds is 6. The van der Waals surface area contributed by atoms with Crippen molar-refractivity contribution in [2.75, 3.05) is 31.2 Å². The molecular weight excluding hydrogens is 202 g/mol. The molecule has 0 amide bonds. The fourth-order valence-electron chi connectivity index (χ4n) is 1.33. The van der Waals surface area contributed by atoms with Crippen LogP contribution in [0.5, 0.6) is 0 Å². The second-order valence-corrected chi connectivity index (χ2v) is 4.01. The maximum atomic E-state index is 5.45. The molecule has 0 saturated heterocycles. The highest BCUT2D eigenvalue weighted by Crippen LogP contribution is 2.03. The Hall–Kier alpha value is -1.36. The van der Waals surface area contributed by atoms with Gasteiger partial charge in [0.15, 0.2) is 0 Å². The molecule has 0 fully saturated rings. The van der Waals surface area contributed by atoms with E-state index in [-0.39, 0.29) is 0 Å². The van der Waals surface area contributed by atoms with E-state index in [1.165, 1.54) is 0 Å². The lowest BCUT2D eigenvalue weighted by Gasteiger charge is -2.23. The van der Waals surface area contributed by atoms with E-state index in [2.05, 4.69) is 41.3 Å². The maximum Gasteiger partial charge on any atom is 0.148 e. The first-order valence-electron chi connectivity index (χ1n) is 5.66. The largest absolute Gasteiger partial charge is 0.382 e. The number of nitrogen functional groups attached to an aromatic ring is 1. The third kappa shape index (κ3) is 4.02. The smallest absolute Gasteiger partial charge is 0.148 e. The summed E-state index contributed by atoms with van der Waals surface area (Å²) >= 11 is 0. The highest BCUT2D eigenvalue weighted by Gasteiger charge is 2.05. The topological polar surface area (TPSA) is 67.1 Å². The number of nitrogens with one attached hydrogen (secondary N) is 1. The monoisotopic (exact) mass is 223 g/mol. The van der Waals surface area contributed by atoms with Gasteiger partial charge in [0.25, 0.3) is 0 Å². The van der Waals surface area contributed by atoms with Crippen molar-refractivity contribution in [3.05, 3.63) is 12.1 Å². The lowest BCUT2D eigenvalue weighted by Crippen LogP contribution is -2.32. The third-order valence-corrected chi connectivity index (χ3v) is 2.80. The average Bonchev–Trinajstić information content (AvgIpc) is 2.30. The van der Waals surface area contributed by atoms with Crippen molar-refractivity contribution in [2.24, 2.45) is 0 Å². The van der Waals surface area contributed by atoms with Gasteiger partial charge in [-0.2, -0.15) is 0 Å². The van der Waals surface area contributed by atoms with Crippen LogP contribution in [-0.2, 0) is 0 Å². The lowest BCUT2D eigenvalue weighted by molar-refractivity contribution is 0.261. The number of aromatic nitrogens is 2. The van der Waals surface area contributed by atoms with Crippen LogP contribution >= 0.6 is 0 Å². The standard InChI is InChI=1S/C11H21N5/c1-4-9(2)16(3)8-7-13-11-6-5-10(12)14-15-11/h5-6,9H,4,7-8H2,1-3H3,(H2,12,14)(H,13,15). The van der Waals surface area contributed by atoms with E-state index in [9.17, 15) is 0 Å². The molecule has 5 heteroatoms. The second-order valence-electron chi connectivity index (χ2n) is 4.01. The zero-order chi connectivity index (χ0) is 12.0. The molecule has 0 radical (unpaired) electrons. The lowest BCUT2D eigenvalue weighted by atomic mass is 10.2. The molecule has 1 heterocycles. The Morgan fingerprint density at radius 3 is 2.75 bits per heavy atom. The van der Waals surface area contributed by atoms with Gasteiger partial charge in [-0.25, -0.2) is 0 Å². The highest BCUT2D eigenvalue weighted by atomic mass is 15.2. The number of nitrogens with two attached hydrogens (primary N) is 1. The zero-order valence-corrected chi connectivity index (χ0v) is 10.3. The van der Waals surface area contributed by atoms with Crippen LogP contribution in [0.2, 0.25) is 0 Å². The molecule has 0 aliphatic rings. The van der Waals surface area contributed by atoms with Gasteiger partial charge in [0, 0.05) is 19.1 Å². The van der Waals surface area contributed by atoms with Crippen LogP contribution in [0.25, 0.3) is 0 Å². The normalized spacial score (nSPS) is 12.8. The van der Waals surface area contributed by atoms with Crippen molar-refractivity contribution in [1.82, 2.24) is 15.1 Å². The summed E-state index contributed by atoms with van der Waals surface area (Å²) in [5.41, 5.74) is 5.45. The van der Waals surface area contributed by atoms with E-state index in [0.717, 1.165) is 25.3 Å². The highest BCUT2D eigenvalue weighted by molar-refractivity contribution is 5.38. The van der Waals surface area contributed by atoms with Crippen molar-refractivity contribution in [3.8, 4) is 0 Å². The van der Waals surface area contributed by atoms with Crippen LogP contribution in [0.3, 0.4) is 0 Å². The van der Waals surface area contributed by atoms with Crippen LogP contribution < -0.4 is 11.1 Å². The molecule has 16 heavy (non-hydrogen) atoms. The van der Waals surface area contributed by atoms with Gasteiger partial charge in [0.1, 0.15) is 11.6 Å². The fourth-order valence-corrected chi connectivity index (χ4v) is 1.33. The molecule has 0 spiro atoms. The van der Waals surface area contributed by atoms with Gasteiger partial charge in [0.05, 0.1) is 0 Å². The summed E-state index contributed by atoms with van der Waals surface area (Å²) in [5, 5.41) is 10.9. The second kappa shape index (κ2) is 6.27. The Kier molecular flexibility index (Phi) is 4.98. The molecule has 1 unspecified atom stereocenters. The first-order valence-corrected chi connectivity index (χ1v) is 5.66. The van der Waals surface area contributed by atoms with Gasteiger partial charge < -0.3 is 16.0 Å². The van der Waals surface area contributed by atoms with Crippen LogP contribution in [0.15, 0.2) is 12.1 Å². The van der Waals surface area contributed by atoms with Crippen LogP contribution in [0, 0.1) is 0 Å². The summed E-state index contributed by atoms with van der Waals surface area (Å²) < 4.78 is 0. The van der Waals surface area contributed by atoms with E-state index in [4.69, 9.17) is 5.73 Å². The summed E-state index contributed by atoms with van der Waals surface area (Å²) in [5.74, 6) is 1.22. The first-order chi connectivity index (χ1) is 7.63. The van der Waals surface area contributed by atoms with Crippen molar-refractivity contribution in [1.29, 1.82) is 0 Å². The molecule has 0 bridgehead atoms. The van der Waals surface area contributed by atoms with Gasteiger partial charge in [-0.15, -0.1) is 10.2 Å². The number of nitrogens with zero attached hydrogens (tertiary/aromatic N) is 3. The Labute approximate surface area is 97.0 Å². The molecule has 1 rings (SSSR count). The molecule has 90 valence electrons.